The van der Waals surface area contributed by atoms with Crippen LogP contribution in [-0.4, -0.2) is 94.9 Å². The van der Waals surface area contributed by atoms with Crippen molar-refractivity contribution in [3.8, 4) is 11.1 Å². The van der Waals surface area contributed by atoms with Gasteiger partial charge in [0.15, 0.2) is 6.29 Å². The Hall–Kier alpha value is -3.76. The van der Waals surface area contributed by atoms with Gasteiger partial charge in [-0.3, -0.25) is 10.1 Å². The van der Waals surface area contributed by atoms with Gasteiger partial charge in [-0.25, -0.2) is 4.79 Å². The second kappa shape index (κ2) is 17.4. The SMILES string of the molecule is COC(CN(C)C(=O)CCOCCc1ccc(CCN2CC3CC(OC(=O)Nc4ccccc4-c4ccccc4)C[C@@H]3C2)cc1)OC. The molecule has 3 atom stereocenters. The van der Waals surface area contributed by atoms with Gasteiger partial charge in [0.25, 0.3) is 0 Å². The molecule has 1 aliphatic carbocycles. The number of amides is 2. The number of rotatable bonds is 16. The number of anilines is 1. The number of methoxy groups -OCH3 is 2. The lowest BCUT2D eigenvalue weighted by molar-refractivity contribution is -0.143. The molecule has 1 N–H and O–H groups in total. The van der Waals surface area contributed by atoms with Crippen molar-refractivity contribution in [1.29, 1.82) is 0 Å². The van der Waals surface area contributed by atoms with Crippen LogP contribution >= 0.6 is 0 Å². The molecule has 252 valence electrons. The largest absolute Gasteiger partial charge is 0.446 e. The van der Waals surface area contributed by atoms with Crippen LogP contribution in [0.4, 0.5) is 10.5 Å². The summed E-state index contributed by atoms with van der Waals surface area (Å²) in [6, 6.07) is 26.7. The molecule has 0 spiro atoms. The zero-order valence-electron chi connectivity index (χ0n) is 27.9. The Balaban J connectivity index is 0.957. The molecule has 0 aromatic heterocycles. The van der Waals surface area contributed by atoms with Crippen LogP contribution < -0.4 is 5.32 Å². The predicted molar refractivity (Wildman–Crippen MR) is 183 cm³/mol. The Morgan fingerprint density at radius 1 is 0.851 bits per heavy atom. The van der Waals surface area contributed by atoms with E-state index in [0.29, 0.717) is 38.0 Å². The Labute approximate surface area is 279 Å². The fraction of sp³-hybridized carbons (Fsp3) is 0.474. The third-order valence-corrected chi connectivity index (χ3v) is 9.42. The van der Waals surface area contributed by atoms with Crippen LogP contribution in [0.1, 0.15) is 30.4 Å². The minimum Gasteiger partial charge on any atom is -0.446 e. The van der Waals surface area contributed by atoms with E-state index in [1.165, 1.54) is 11.1 Å². The summed E-state index contributed by atoms with van der Waals surface area (Å²) in [7, 11) is 4.86. The lowest BCUT2D eigenvalue weighted by atomic mass is 10.0. The summed E-state index contributed by atoms with van der Waals surface area (Å²) in [5, 5.41) is 2.99. The number of hydrogen-bond acceptors (Lipinski definition) is 7. The van der Waals surface area contributed by atoms with Gasteiger partial charge in [-0.15, -0.1) is 0 Å². The fourth-order valence-electron chi connectivity index (χ4n) is 6.75. The van der Waals surface area contributed by atoms with Crippen molar-refractivity contribution in [3.05, 3.63) is 90.0 Å². The van der Waals surface area contributed by atoms with Gasteiger partial charge < -0.3 is 28.7 Å². The number of ether oxygens (including phenoxy) is 4. The van der Waals surface area contributed by atoms with E-state index in [0.717, 1.165) is 62.1 Å². The number of hydrogen-bond donors (Lipinski definition) is 1. The Morgan fingerprint density at radius 3 is 2.17 bits per heavy atom. The molecule has 47 heavy (non-hydrogen) atoms. The smallest absolute Gasteiger partial charge is 0.411 e. The van der Waals surface area contributed by atoms with Crippen LogP contribution in [0.25, 0.3) is 11.1 Å². The topological polar surface area (TPSA) is 89.6 Å². The van der Waals surface area contributed by atoms with Crippen LogP contribution in [0, 0.1) is 11.8 Å². The van der Waals surface area contributed by atoms with Crippen molar-refractivity contribution in [1.82, 2.24) is 9.80 Å². The predicted octanol–water partition coefficient (Wildman–Crippen LogP) is 5.88. The normalized spacial score (nSPS) is 19.1. The quantitative estimate of drug-likeness (QED) is 0.154. The number of fused-ring (bicyclic) bond motifs is 1. The average Bonchev–Trinajstić information content (AvgIpc) is 3.65. The van der Waals surface area contributed by atoms with Crippen molar-refractivity contribution < 1.29 is 28.5 Å². The van der Waals surface area contributed by atoms with Gasteiger partial charge in [-0.1, -0.05) is 72.8 Å². The third kappa shape index (κ3) is 10.1. The number of likely N-dealkylation sites (tertiary alicyclic amines) is 1. The van der Waals surface area contributed by atoms with Gasteiger partial charge in [-0.2, -0.15) is 0 Å². The van der Waals surface area contributed by atoms with E-state index in [1.807, 2.05) is 54.6 Å². The number of likely N-dealkylation sites (N-methyl/N-ethyl adjacent to an activating group) is 1. The zero-order chi connectivity index (χ0) is 33.0. The molecular weight excluding hydrogens is 594 g/mol. The van der Waals surface area contributed by atoms with E-state index >= 15 is 0 Å². The molecule has 2 unspecified atom stereocenters. The summed E-state index contributed by atoms with van der Waals surface area (Å²) < 4.78 is 21.9. The number of benzene rings is 3. The summed E-state index contributed by atoms with van der Waals surface area (Å²) in [5.41, 5.74) is 5.37. The molecule has 2 aliphatic rings. The van der Waals surface area contributed by atoms with E-state index in [2.05, 4.69) is 34.5 Å². The maximum atomic E-state index is 12.8. The van der Waals surface area contributed by atoms with Gasteiger partial charge in [-0.05, 0) is 60.3 Å². The first-order chi connectivity index (χ1) is 22.9. The number of nitrogens with zero attached hydrogens (tertiary/aromatic N) is 2. The highest BCUT2D eigenvalue weighted by atomic mass is 16.7. The molecule has 0 radical (unpaired) electrons. The summed E-state index contributed by atoms with van der Waals surface area (Å²) in [5.74, 6) is 1.16. The van der Waals surface area contributed by atoms with Crippen molar-refractivity contribution in [3.63, 3.8) is 0 Å². The van der Waals surface area contributed by atoms with Crippen LogP contribution in [0.3, 0.4) is 0 Å². The van der Waals surface area contributed by atoms with E-state index < -0.39 is 6.29 Å². The molecule has 2 amide bonds. The van der Waals surface area contributed by atoms with Crippen molar-refractivity contribution in [2.24, 2.45) is 11.8 Å². The molecule has 1 heterocycles. The first-order valence-electron chi connectivity index (χ1n) is 16.7. The van der Waals surface area contributed by atoms with Crippen molar-refractivity contribution in [2.75, 3.05) is 66.0 Å². The zero-order valence-corrected chi connectivity index (χ0v) is 27.9. The first-order valence-corrected chi connectivity index (χ1v) is 16.7. The number of nitrogens with one attached hydrogen (secondary N) is 1. The molecule has 9 heteroatoms. The number of carbonyl (C=O) groups excluding carboxylic acids is 2. The van der Waals surface area contributed by atoms with E-state index in [9.17, 15) is 9.59 Å². The highest BCUT2D eigenvalue weighted by Crippen LogP contribution is 2.39. The highest BCUT2D eigenvalue weighted by Gasteiger charge is 2.42. The van der Waals surface area contributed by atoms with Gasteiger partial charge >= 0.3 is 6.09 Å². The lowest BCUT2D eigenvalue weighted by Crippen LogP contribution is -2.36. The maximum absolute atomic E-state index is 12.8. The number of carbonyl (C=O) groups is 2. The molecule has 9 nitrogen and oxygen atoms in total. The molecule has 5 rings (SSSR count). The third-order valence-electron chi connectivity index (χ3n) is 9.42. The van der Waals surface area contributed by atoms with E-state index in [-0.39, 0.29) is 18.1 Å². The molecule has 3 aromatic carbocycles. The molecule has 0 bridgehead atoms. The Kier molecular flexibility index (Phi) is 12.8. The monoisotopic (exact) mass is 643 g/mol. The van der Waals surface area contributed by atoms with Crippen LogP contribution in [-0.2, 0) is 36.6 Å². The van der Waals surface area contributed by atoms with Crippen LogP contribution in [0.15, 0.2) is 78.9 Å². The molecule has 1 saturated heterocycles. The van der Waals surface area contributed by atoms with E-state index in [4.69, 9.17) is 18.9 Å². The second-order valence-corrected chi connectivity index (χ2v) is 12.7. The highest BCUT2D eigenvalue weighted by molar-refractivity contribution is 5.91. The summed E-state index contributed by atoms with van der Waals surface area (Å²) in [4.78, 5) is 29.3. The number of para-hydroxylation sites is 1. The Morgan fingerprint density at radius 2 is 1.49 bits per heavy atom. The first kappa shape index (κ1) is 34.6. The maximum Gasteiger partial charge on any atom is 0.411 e. The summed E-state index contributed by atoms with van der Waals surface area (Å²) in [6.07, 6.45) is 3.20. The van der Waals surface area contributed by atoms with Gasteiger partial charge in [0.1, 0.15) is 6.10 Å². The average molecular weight is 644 g/mol. The van der Waals surface area contributed by atoms with Gasteiger partial charge in [0.2, 0.25) is 5.91 Å². The Bertz CT molecular complexity index is 1400. The fourth-order valence-corrected chi connectivity index (χ4v) is 6.75. The molecular formula is C38H49N3O6. The summed E-state index contributed by atoms with van der Waals surface area (Å²) >= 11 is 0. The lowest BCUT2D eigenvalue weighted by Gasteiger charge is -2.22. The molecule has 1 saturated carbocycles. The van der Waals surface area contributed by atoms with Crippen LogP contribution in [0.5, 0.6) is 0 Å². The molecule has 3 aromatic rings. The van der Waals surface area contributed by atoms with E-state index in [1.54, 1.807) is 26.2 Å². The van der Waals surface area contributed by atoms with Crippen molar-refractivity contribution in [2.45, 2.75) is 44.5 Å². The molecule has 1 aliphatic heterocycles. The van der Waals surface area contributed by atoms with Crippen molar-refractivity contribution >= 4 is 17.7 Å². The van der Waals surface area contributed by atoms with Gasteiger partial charge in [0, 0.05) is 46.5 Å². The molecule has 2 fully saturated rings. The minimum atomic E-state index is -0.423. The standard InChI is InChI=1S/C38H49N3O6/c1-40(27-37(44-2)45-3)36(42)19-22-46-21-18-29-15-13-28(14-16-29)17-20-41-25-31-23-33(24-32(31)26-41)47-38(43)39-35-12-8-7-11-34(35)30-9-5-4-6-10-30/h4-16,31-33,37H,17-27H2,1-3H3,(H,39,43)/t31-,32?,33?/m1/s1. The van der Waals surface area contributed by atoms with Gasteiger partial charge in [0.05, 0.1) is 31.9 Å². The van der Waals surface area contributed by atoms with Crippen LogP contribution in [0.2, 0.25) is 0 Å². The minimum absolute atomic E-state index is 0.00674. The summed E-state index contributed by atoms with van der Waals surface area (Å²) in [6.45, 7) is 4.53. The second-order valence-electron chi connectivity index (χ2n) is 12.7.